The highest BCUT2D eigenvalue weighted by Gasteiger charge is 2.33. The van der Waals surface area contributed by atoms with Crippen LogP contribution in [-0.2, 0) is 11.3 Å². The Kier molecular flexibility index (Phi) is 2.81. The molecular formula is C14H19NO2. The zero-order valence-electron chi connectivity index (χ0n) is 10.2. The highest BCUT2D eigenvalue weighted by molar-refractivity contribution is 5.35. The molecular weight excluding hydrogens is 214 g/mol. The number of phenolic OH excluding ortho intramolecular Hbond substituents is 1. The number of likely N-dealkylation sites (tertiary alicyclic amines) is 1. The normalized spacial score (nSPS) is 28.5. The maximum atomic E-state index is 9.86. The van der Waals surface area contributed by atoms with Crippen molar-refractivity contribution in [1.29, 1.82) is 0 Å². The molecule has 0 aliphatic carbocycles. The zero-order valence-corrected chi connectivity index (χ0v) is 10.2. The van der Waals surface area contributed by atoms with Crippen molar-refractivity contribution in [3.05, 3.63) is 29.3 Å². The van der Waals surface area contributed by atoms with Crippen LogP contribution in [0.2, 0.25) is 0 Å². The molecule has 0 radical (unpaired) electrons. The van der Waals surface area contributed by atoms with Crippen molar-refractivity contribution in [2.75, 3.05) is 13.1 Å². The van der Waals surface area contributed by atoms with Crippen molar-refractivity contribution in [1.82, 2.24) is 4.90 Å². The molecule has 2 unspecified atom stereocenters. The molecule has 1 N–H and O–H groups in total. The SMILES string of the molecule is Cc1ccc(O)c(CN2CC3CCC(C2)O3)c1. The van der Waals surface area contributed by atoms with E-state index in [4.69, 9.17) is 4.74 Å². The van der Waals surface area contributed by atoms with Crippen molar-refractivity contribution < 1.29 is 9.84 Å². The molecule has 1 aromatic carbocycles. The van der Waals surface area contributed by atoms with Crippen LogP contribution in [0.5, 0.6) is 5.75 Å². The van der Waals surface area contributed by atoms with E-state index in [1.807, 2.05) is 6.07 Å². The topological polar surface area (TPSA) is 32.7 Å². The first-order valence-electron chi connectivity index (χ1n) is 6.37. The number of benzene rings is 1. The summed E-state index contributed by atoms with van der Waals surface area (Å²) in [4.78, 5) is 2.40. The number of morpholine rings is 1. The van der Waals surface area contributed by atoms with Gasteiger partial charge in [-0.15, -0.1) is 0 Å². The minimum Gasteiger partial charge on any atom is -0.508 e. The van der Waals surface area contributed by atoms with Gasteiger partial charge in [-0.2, -0.15) is 0 Å². The molecule has 2 heterocycles. The van der Waals surface area contributed by atoms with E-state index < -0.39 is 0 Å². The van der Waals surface area contributed by atoms with E-state index >= 15 is 0 Å². The molecule has 2 fully saturated rings. The van der Waals surface area contributed by atoms with Crippen LogP contribution in [0, 0.1) is 6.92 Å². The van der Waals surface area contributed by atoms with Gasteiger partial charge in [-0.25, -0.2) is 0 Å². The quantitative estimate of drug-likeness (QED) is 0.848. The number of phenols is 1. The number of rotatable bonds is 2. The number of hydrogen-bond acceptors (Lipinski definition) is 3. The molecule has 3 nitrogen and oxygen atoms in total. The molecule has 3 heteroatoms. The smallest absolute Gasteiger partial charge is 0.120 e. The van der Waals surface area contributed by atoms with Crippen LogP contribution in [0.15, 0.2) is 18.2 Å². The second kappa shape index (κ2) is 4.31. The average Bonchev–Trinajstić information content (AvgIpc) is 2.63. The van der Waals surface area contributed by atoms with E-state index in [0.29, 0.717) is 18.0 Å². The summed E-state index contributed by atoms with van der Waals surface area (Å²) in [5, 5.41) is 9.86. The van der Waals surface area contributed by atoms with Gasteiger partial charge in [0.1, 0.15) is 5.75 Å². The average molecular weight is 233 g/mol. The lowest BCUT2D eigenvalue weighted by Gasteiger charge is -2.32. The number of fused-ring (bicyclic) bond motifs is 2. The van der Waals surface area contributed by atoms with Crippen LogP contribution in [0.1, 0.15) is 24.0 Å². The Morgan fingerprint density at radius 3 is 2.71 bits per heavy atom. The van der Waals surface area contributed by atoms with Gasteiger partial charge in [0.25, 0.3) is 0 Å². The van der Waals surface area contributed by atoms with Crippen LogP contribution >= 0.6 is 0 Å². The Morgan fingerprint density at radius 1 is 1.29 bits per heavy atom. The molecule has 0 spiro atoms. The van der Waals surface area contributed by atoms with Crippen molar-refractivity contribution in [2.24, 2.45) is 0 Å². The van der Waals surface area contributed by atoms with Crippen LogP contribution in [-0.4, -0.2) is 35.3 Å². The lowest BCUT2D eigenvalue weighted by Crippen LogP contribution is -2.41. The van der Waals surface area contributed by atoms with Gasteiger partial charge in [0.05, 0.1) is 12.2 Å². The van der Waals surface area contributed by atoms with Gasteiger partial charge in [0, 0.05) is 25.2 Å². The lowest BCUT2D eigenvalue weighted by molar-refractivity contribution is -0.0412. The van der Waals surface area contributed by atoms with E-state index in [0.717, 1.165) is 25.2 Å². The van der Waals surface area contributed by atoms with E-state index in [2.05, 4.69) is 17.9 Å². The molecule has 92 valence electrons. The van der Waals surface area contributed by atoms with Crippen molar-refractivity contribution >= 4 is 0 Å². The third kappa shape index (κ3) is 2.31. The first-order valence-corrected chi connectivity index (χ1v) is 6.37. The molecule has 2 bridgehead atoms. The summed E-state index contributed by atoms with van der Waals surface area (Å²) in [6.07, 6.45) is 3.23. The van der Waals surface area contributed by atoms with E-state index in [9.17, 15) is 5.11 Å². The summed E-state index contributed by atoms with van der Waals surface area (Å²) < 4.78 is 5.81. The molecule has 17 heavy (non-hydrogen) atoms. The van der Waals surface area contributed by atoms with E-state index in [1.165, 1.54) is 18.4 Å². The van der Waals surface area contributed by atoms with Crippen molar-refractivity contribution in [3.63, 3.8) is 0 Å². The molecule has 3 rings (SSSR count). The van der Waals surface area contributed by atoms with Gasteiger partial charge in [0.2, 0.25) is 0 Å². The first-order chi connectivity index (χ1) is 8.20. The summed E-state index contributed by atoms with van der Waals surface area (Å²) in [6, 6.07) is 5.81. The number of ether oxygens (including phenoxy) is 1. The summed E-state index contributed by atoms with van der Waals surface area (Å²) >= 11 is 0. The van der Waals surface area contributed by atoms with Crippen molar-refractivity contribution in [2.45, 2.75) is 38.5 Å². The Hall–Kier alpha value is -1.06. The van der Waals surface area contributed by atoms with E-state index in [1.54, 1.807) is 6.07 Å². The Bertz CT molecular complexity index is 407. The summed E-state index contributed by atoms with van der Waals surface area (Å²) in [5.41, 5.74) is 2.24. The predicted octanol–water partition coefficient (Wildman–Crippen LogP) is 2.06. The van der Waals surface area contributed by atoms with Crippen LogP contribution in [0.4, 0.5) is 0 Å². The van der Waals surface area contributed by atoms with Crippen molar-refractivity contribution in [3.8, 4) is 5.75 Å². The monoisotopic (exact) mass is 233 g/mol. The van der Waals surface area contributed by atoms with Crippen LogP contribution < -0.4 is 0 Å². The zero-order chi connectivity index (χ0) is 11.8. The fraction of sp³-hybridized carbons (Fsp3) is 0.571. The Labute approximate surface area is 102 Å². The highest BCUT2D eigenvalue weighted by atomic mass is 16.5. The molecule has 1 aromatic rings. The lowest BCUT2D eigenvalue weighted by atomic mass is 10.1. The predicted molar refractivity (Wildman–Crippen MR) is 66.0 cm³/mol. The van der Waals surface area contributed by atoms with Gasteiger partial charge in [-0.05, 0) is 25.8 Å². The summed E-state index contributed by atoms with van der Waals surface area (Å²) in [6.45, 7) is 4.91. The third-order valence-corrected chi connectivity index (χ3v) is 3.75. The Morgan fingerprint density at radius 2 is 2.00 bits per heavy atom. The molecule has 0 aromatic heterocycles. The van der Waals surface area contributed by atoms with Gasteiger partial charge in [0.15, 0.2) is 0 Å². The standard InChI is InChI=1S/C14H19NO2/c1-10-2-5-14(16)11(6-10)7-15-8-12-3-4-13(9-15)17-12/h2,5-6,12-13,16H,3-4,7-9H2,1H3. The third-order valence-electron chi connectivity index (χ3n) is 3.75. The fourth-order valence-corrected chi connectivity index (χ4v) is 2.91. The maximum Gasteiger partial charge on any atom is 0.120 e. The number of hydrogen-bond donors (Lipinski definition) is 1. The molecule has 2 saturated heterocycles. The van der Waals surface area contributed by atoms with Crippen LogP contribution in [0.3, 0.4) is 0 Å². The largest absolute Gasteiger partial charge is 0.508 e. The minimum absolute atomic E-state index is 0.412. The second-order valence-corrected chi connectivity index (χ2v) is 5.28. The molecule has 0 saturated carbocycles. The second-order valence-electron chi connectivity index (χ2n) is 5.28. The van der Waals surface area contributed by atoms with Gasteiger partial charge >= 0.3 is 0 Å². The van der Waals surface area contributed by atoms with Gasteiger partial charge in [-0.3, -0.25) is 4.90 Å². The molecule has 2 aliphatic heterocycles. The molecule has 0 amide bonds. The minimum atomic E-state index is 0.412. The summed E-state index contributed by atoms with van der Waals surface area (Å²) in [5.74, 6) is 0.412. The number of nitrogens with zero attached hydrogens (tertiary/aromatic N) is 1. The first kappa shape index (κ1) is 11.1. The van der Waals surface area contributed by atoms with E-state index in [-0.39, 0.29) is 0 Å². The Balaban J connectivity index is 1.72. The highest BCUT2D eigenvalue weighted by Crippen LogP contribution is 2.28. The maximum absolute atomic E-state index is 9.86. The van der Waals surface area contributed by atoms with Gasteiger partial charge in [-0.1, -0.05) is 17.7 Å². The molecule has 2 aliphatic rings. The van der Waals surface area contributed by atoms with Crippen LogP contribution in [0.25, 0.3) is 0 Å². The molecule has 2 atom stereocenters. The number of aromatic hydroxyl groups is 1. The summed E-state index contributed by atoms with van der Waals surface area (Å²) in [7, 11) is 0. The fourth-order valence-electron chi connectivity index (χ4n) is 2.91. The number of aryl methyl sites for hydroxylation is 1. The van der Waals surface area contributed by atoms with Gasteiger partial charge < -0.3 is 9.84 Å².